The molecule has 0 radical (unpaired) electrons. The lowest BCUT2D eigenvalue weighted by molar-refractivity contribution is -0.253. The summed E-state index contributed by atoms with van der Waals surface area (Å²) in [4.78, 5) is 22.2. The molecule has 3 aliphatic rings. The number of rotatable bonds is 27. The molecule has 1 saturated carbocycles. The minimum Gasteiger partial charge on any atom is -0.459 e. The predicted molar refractivity (Wildman–Crippen MR) is 269 cm³/mol. The number of aliphatic hydroxyl groups is 2. The molecule has 67 heavy (non-hydrogen) atoms. The lowest BCUT2D eigenvalue weighted by Gasteiger charge is -2.59. The van der Waals surface area contributed by atoms with Crippen LogP contribution in [0.3, 0.4) is 0 Å². The number of amides is 1. The zero-order valence-corrected chi connectivity index (χ0v) is 41.3. The van der Waals surface area contributed by atoms with E-state index in [1.807, 2.05) is 63.2 Å². The summed E-state index contributed by atoms with van der Waals surface area (Å²) >= 11 is 0. The number of hydrogen-bond donors (Lipinski definition) is 2. The lowest BCUT2D eigenvalue weighted by atomic mass is 9.55. The number of allylic oxidation sites excluding steroid dienone is 1. The SMILES string of the molecule is C=CCO[C@@]12Oc3ccc(Oc4ccc(-c5ccccc5)cc4)cc3[C@H]3[C@H](CCCCO)[C@@H](CCCCO)C=C(C(=NOC(C)(C)C)C[C@@H]1N(C)C(=O)OCCCCCCCCCCCC)[C@H]32. The Kier molecular flexibility index (Phi) is 19.8. The van der Waals surface area contributed by atoms with Crippen LogP contribution < -0.4 is 9.47 Å². The van der Waals surface area contributed by atoms with Crippen molar-refractivity contribution in [1.29, 1.82) is 0 Å². The number of unbranched alkanes of at least 4 members (excludes halogenated alkanes) is 11. The zero-order valence-electron chi connectivity index (χ0n) is 41.3. The summed E-state index contributed by atoms with van der Waals surface area (Å²) in [6.07, 6.45) is 20.7. The van der Waals surface area contributed by atoms with E-state index in [2.05, 4.69) is 49.9 Å². The van der Waals surface area contributed by atoms with Gasteiger partial charge in [0.2, 0.25) is 5.79 Å². The van der Waals surface area contributed by atoms with Crippen LogP contribution in [0.25, 0.3) is 11.1 Å². The second-order valence-electron chi connectivity index (χ2n) is 19.9. The van der Waals surface area contributed by atoms with E-state index in [4.69, 9.17) is 28.9 Å². The van der Waals surface area contributed by atoms with E-state index in [1.54, 1.807) is 18.0 Å². The third-order valence-corrected chi connectivity index (χ3v) is 13.8. The van der Waals surface area contributed by atoms with Crippen molar-refractivity contribution in [2.24, 2.45) is 22.9 Å². The van der Waals surface area contributed by atoms with Gasteiger partial charge in [0.05, 0.1) is 24.8 Å². The van der Waals surface area contributed by atoms with Gasteiger partial charge in [0.1, 0.15) is 28.9 Å². The molecule has 3 aromatic carbocycles. The summed E-state index contributed by atoms with van der Waals surface area (Å²) in [6, 6.07) is 23.8. The number of aliphatic hydroxyl groups excluding tert-OH is 2. The van der Waals surface area contributed by atoms with E-state index in [1.165, 1.54) is 44.9 Å². The highest BCUT2D eigenvalue weighted by Gasteiger charge is 2.65. The van der Waals surface area contributed by atoms with E-state index in [0.29, 0.717) is 37.4 Å². The van der Waals surface area contributed by atoms with Crippen LogP contribution in [0.4, 0.5) is 4.79 Å². The molecule has 0 unspecified atom stereocenters. The number of fused-ring (bicyclic) bond motifs is 2. The van der Waals surface area contributed by atoms with Gasteiger partial charge < -0.3 is 38.9 Å². The van der Waals surface area contributed by atoms with Gasteiger partial charge in [-0.2, -0.15) is 0 Å². The van der Waals surface area contributed by atoms with E-state index < -0.39 is 29.4 Å². The number of hydrogen-bond acceptors (Lipinski definition) is 9. The van der Waals surface area contributed by atoms with Gasteiger partial charge in [0.25, 0.3) is 0 Å². The standard InChI is InChI=1S/C57H80N2O8/c1-7-9-10-11-12-13-14-15-16-24-38-63-55(62)59(6)52-41-50(58-67-56(3,4)5)48-39-44(27-20-22-35-60)47(28-21-23-36-61)53-49-40-46(33-34-51(49)66-57(52,54(48)53)64-37-8-2)65-45-31-29-43(30-32-45)42-25-18-17-19-26-42/h8,17-19,25-26,29-34,39-40,44,47,52-54,60-61H,2,7,9-16,20-24,27-28,35-38,41H2,1,3-6H3/t44-,47+,52-,53+,54+,57+/m0/s1. The lowest BCUT2D eigenvalue weighted by Crippen LogP contribution is -2.69. The molecule has 0 saturated heterocycles. The third-order valence-electron chi connectivity index (χ3n) is 13.8. The van der Waals surface area contributed by atoms with Gasteiger partial charge in [-0.25, -0.2) is 4.79 Å². The average molecular weight is 921 g/mol. The number of nitrogens with zero attached hydrogens (tertiary/aromatic N) is 2. The first-order valence-electron chi connectivity index (χ1n) is 25.5. The predicted octanol–water partition coefficient (Wildman–Crippen LogP) is 13.6. The molecule has 1 amide bonds. The molecule has 366 valence electrons. The van der Waals surface area contributed by atoms with Crippen LogP contribution in [0.5, 0.6) is 17.2 Å². The second-order valence-corrected chi connectivity index (χ2v) is 19.9. The molecular formula is C57H80N2O8. The second kappa shape index (κ2) is 25.6. The fourth-order valence-electron chi connectivity index (χ4n) is 10.4. The normalized spacial score (nSPS) is 22.5. The van der Waals surface area contributed by atoms with E-state index in [9.17, 15) is 15.0 Å². The zero-order chi connectivity index (χ0) is 47.7. The Labute approximate surface area is 401 Å². The molecule has 1 heterocycles. The van der Waals surface area contributed by atoms with E-state index in [-0.39, 0.29) is 37.6 Å². The molecule has 1 aliphatic heterocycles. The fourth-order valence-corrected chi connectivity index (χ4v) is 10.4. The maximum atomic E-state index is 14.3. The van der Waals surface area contributed by atoms with Gasteiger partial charge in [-0.1, -0.05) is 137 Å². The van der Waals surface area contributed by atoms with Crippen molar-refractivity contribution < 1.29 is 38.8 Å². The molecule has 6 rings (SSSR count). The summed E-state index contributed by atoms with van der Waals surface area (Å²) in [5.41, 5.74) is 4.41. The quantitative estimate of drug-likeness (QED) is 0.0441. The van der Waals surface area contributed by atoms with Crippen LogP contribution >= 0.6 is 0 Å². The van der Waals surface area contributed by atoms with E-state index >= 15 is 0 Å². The van der Waals surface area contributed by atoms with Crippen LogP contribution in [-0.4, -0.2) is 77.8 Å². The highest BCUT2D eigenvalue weighted by molar-refractivity contribution is 6.03. The average Bonchev–Trinajstić information content (AvgIpc) is 3.33. The summed E-state index contributed by atoms with van der Waals surface area (Å²) in [7, 11) is 1.79. The smallest absolute Gasteiger partial charge is 0.409 e. The van der Waals surface area contributed by atoms with Gasteiger partial charge >= 0.3 is 6.09 Å². The summed E-state index contributed by atoms with van der Waals surface area (Å²) in [6.45, 7) is 13.0. The molecule has 0 spiro atoms. The van der Waals surface area contributed by atoms with Crippen LogP contribution in [0, 0.1) is 17.8 Å². The number of ether oxygens (including phenoxy) is 4. The van der Waals surface area contributed by atoms with Gasteiger partial charge in [-0.15, -0.1) is 6.58 Å². The molecular weight excluding hydrogens is 841 g/mol. The fraction of sp³-hybridized carbons (Fsp3) is 0.579. The molecule has 10 heteroatoms. The molecule has 3 aromatic rings. The van der Waals surface area contributed by atoms with Crippen molar-refractivity contribution >= 4 is 11.8 Å². The number of benzene rings is 3. The summed E-state index contributed by atoms with van der Waals surface area (Å²) < 4.78 is 27.1. The van der Waals surface area contributed by atoms with Crippen LogP contribution in [0.2, 0.25) is 0 Å². The van der Waals surface area contributed by atoms with Crippen LogP contribution in [-0.2, 0) is 14.3 Å². The van der Waals surface area contributed by atoms with Crippen molar-refractivity contribution in [2.45, 2.75) is 160 Å². The van der Waals surface area contributed by atoms with Crippen LogP contribution in [0.1, 0.15) is 148 Å². The Morgan fingerprint density at radius 2 is 1.48 bits per heavy atom. The highest BCUT2D eigenvalue weighted by Crippen LogP contribution is 2.62. The van der Waals surface area contributed by atoms with Crippen LogP contribution in [0.15, 0.2) is 102 Å². The Bertz CT molecular complexity index is 2040. The molecule has 6 atom stereocenters. The minimum atomic E-state index is -1.36. The highest BCUT2D eigenvalue weighted by atomic mass is 16.7. The minimum absolute atomic E-state index is 0.0888. The van der Waals surface area contributed by atoms with Crippen molar-refractivity contribution in [1.82, 2.24) is 4.90 Å². The maximum absolute atomic E-state index is 14.3. The molecule has 2 aliphatic carbocycles. The number of likely N-dealkylation sites (N-methyl/N-ethyl adjacent to an activating group) is 1. The molecule has 2 N–H and O–H groups in total. The topological polar surface area (TPSA) is 119 Å². The molecule has 0 aromatic heterocycles. The Morgan fingerprint density at radius 1 is 0.836 bits per heavy atom. The largest absolute Gasteiger partial charge is 0.459 e. The summed E-state index contributed by atoms with van der Waals surface area (Å²) in [5.74, 6) is 0.315. The van der Waals surface area contributed by atoms with Crippen molar-refractivity contribution in [2.75, 3.05) is 33.5 Å². The van der Waals surface area contributed by atoms with E-state index in [0.717, 1.165) is 78.7 Å². The number of carbonyl (C=O) groups excluding carboxylic acids is 1. The van der Waals surface area contributed by atoms with Crippen molar-refractivity contribution in [3.63, 3.8) is 0 Å². The molecule has 0 bridgehead atoms. The van der Waals surface area contributed by atoms with Crippen molar-refractivity contribution in [3.8, 4) is 28.4 Å². The maximum Gasteiger partial charge on any atom is 0.409 e. The van der Waals surface area contributed by atoms with Gasteiger partial charge in [-0.05, 0) is 112 Å². The van der Waals surface area contributed by atoms with Crippen molar-refractivity contribution in [3.05, 3.63) is 103 Å². The number of oxime groups is 1. The first-order chi connectivity index (χ1) is 32.5. The number of carbonyl (C=O) groups is 1. The Hall–Kier alpha value is -4.64. The summed E-state index contributed by atoms with van der Waals surface area (Å²) in [5, 5.41) is 24.9. The van der Waals surface area contributed by atoms with Gasteiger partial charge in [-0.3, -0.25) is 0 Å². The first-order valence-corrected chi connectivity index (χ1v) is 25.5. The molecule has 10 nitrogen and oxygen atoms in total. The Morgan fingerprint density at radius 3 is 2.13 bits per heavy atom. The molecule has 1 fully saturated rings. The Balaban J connectivity index is 1.38. The van der Waals surface area contributed by atoms with Gasteiger partial charge in [0, 0.05) is 38.2 Å². The monoisotopic (exact) mass is 921 g/mol. The third kappa shape index (κ3) is 13.8. The van der Waals surface area contributed by atoms with Gasteiger partial charge in [0.15, 0.2) is 0 Å². The first kappa shape index (κ1) is 51.7.